The second-order valence-corrected chi connectivity index (χ2v) is 8.42. The van der Waals surface area contributed by atoms with Crippen molar-refractivity contribution in [2.75, 3.05) is 6.61 Å². The van der Waals surface area contributed by atoms with Crippen molar-refractivity contribution in [1.82, 2.24) is 20.0 Å². The van der Waals surface area contributed by atoms with E-state index in [1.807, 2.05) is 24.3 Å². The number of halogens is 3. The zero-order valence-corrected chi connectivity index (χ0v) is 19.2. The number of hydrogen-bond donors (Lipinski definition) is 0. The van der Waals surface area contributed by atoms with Crippen LogP contribution in [0.15, 0.2) is 76.5 Å². The first-order valence-corrected chi connectivity index (χ1v) is 11.4. The van der Waals surface area contributed by atoms with Crippen molar-refractivity contribution in [3.63, 3.8) is 0 Å². The molecule has 2 heterocycles. The molecule has 2 aromatic heterocycles. The summed E-state index contributed by atoms with van der Waals surface area (Å²) in [6, 6.07) is 13.6. The highest BCUT2D eigenvalue weighted by Crippen LogP contribution is 2.36. The van der Waals surface area contributed by atoms with Crippen LogP contribution in [-0.4, -0.2) is 32.1 Å². The monoisotopic (exact) mass is 502 g/mol. The van der Waals surface area contributed by atoms with Gasteiger partial charge in [0.05, 0.1) is 26.0 Å². The van der Waals surface area contributed by atoms with Crippen LogP contribution in [0.5, 0.6) is 5.75 Å². The van der Waals surface area contributed by atoms with Crippen LogP contribution in [0.2, 0.25) is 0 Å². The molecular formula is C24H21F3N4O3S. The van der Waals surface area contributed by atoms with Crippen molar-refractivity contribution in [2.45, 2.75) is 30.2 Å². The first-order chi connectivity index (χ1) is 16.9. The van der Waals surface area contributed by atoms with Gasteiger partial charge < -0.3 is 13.9 Å². The lowest BCUT2D eigenvalue weighted by molar-refractivity contribution is -0.0328. The lowest BCUT2D eigenvalue weighted by atomic mass is 10.2. The zero-order valence-electron chi connectivity index (χ0n) is 18.4. The van der Waals surface area contributed by atoms with Gasteiger partial charge in [-0.15, -0.1) is 5.10 Å². The fourth-order valence-corrected chi connectivity index (χ4v) is 3.49. The molecule has 0 bridgehead atoms. The Kier molecular flexibility index (Phi) is 8.22. The zero-order chi connectivity index (χ0) is 24.5. The number of alkyl halides is 3. The summed E-state index contributed by atoms with van der Waals surface area (Å²) in [5.74, 6) is 1.06. The Morgan fingerprint density at radius 2 is 1.80 bits per heavy atom. The maximum absolute atomic E-state index is 12.4. The van der Waals surface area contributed by atoms with Crippen LogP contribution >= 0.6 is 11.8 Å². The largest absolute Gasteiger partial charge is 0.487 e. The van der Waals surface area contributed by atoms with Crippen molar-refractivity contribution in [2.24, 2.45) is 0 Å². The van der Waals surface area contributed by atoms with Crippen molar-refractivity contribution in [1.29, 1.82) is 0 Å². The fraction of sp³-hybridized carbons (Fsp3) is 0.208. The van der Waals surface area contributed by atoms with Gasteiger partial charge in [-0.2, -0.15) is 13.2 Å². The maximum atomic E-state index is 12.4. The standard InChI is InChI=1S/C24H21F3N4O3S/c25-24(26,27)35-22-8-3-18(4-9-22)5-10-23-29-20(17-34-23)16-33-21-6-1-19(2-7-21)15-32-14-13-31-12-11-28-30-31/h1-12,17H,13-16H2/b10-5+. The van der Waals surface area contributed by atoms with E-state index in [-0.39, 0.29) is 23.3 Å². The Morgan fingerprint density at radius 1 is 1.00 bits per heavy atom. The van der Waals surface area contributed by atoms with Crippen LogP contribution < -0.4 is 4.74 Å². The minimum Gasteiger partial charge on any atom is -0.487 e. The van der Waals surface area contributed by atoms with E-state index in [0.717, 1.165) is 11.1 Å². The number of thioether (sulfide) groups is 1. The second-order valence-electron chi connectivity index (χ2n) is 7.28. The molecule has 0 spiro atoms. The summed E-state index contributed by atoms with van der Waals surface area (Å²) in [6.07, 6.45) is 8.27. The summed E-state index contributed by atoms with van der Waals surface area (Å²) < 4.78 is 55.7. The number of oxazole rings is 1. The number of nitrogens with zero attached hydrogens (tertiary/aromatic N) is 4. The third-order valence-electron chi connectivity index (χ3n) is 4.62. The van der Waals surface area contributed by atoms with Gasteiger partial charge in [0.2, 0.25) is 5.89 Å². The SMILES string of the molecule is FC(F)(F)Sc1ccc(/C=C/c2nc(COc3ccc(COCCn4ccnn4)cc3)co2)cc1. The van der Waals surface area contributed by atoms with Gasteiger partial charge in [0.15, 0.2) is 0 Å². The highest BCUT2D eigenvalue weighted by atomic mass is 32.2. The first kappa shape index (κ1) is 24.6. The van der Waals surface area contributed by atoms with Crippen molar-refractivity contribution in [3.8, 4) is 5.75 Å². The van der Waals surface area contributed by atoms with E-state index in [0.29, 0.717) is 37.1 Å². The Labute approximate surface area is 203 Å². The molecule has 0 fully saturated rings. The lowest BCUT2D eigenvalue weighted by Gasteiger charge is -2.07. The van der Waals surface area contributed by atoms with Gasteiger partial charge in [-0.25, -0.2) is 4.98 Å². The normalized spacial score (nSPS) is 11.9. The Balaban J connectivity index is 1.20. The van der Waals surface area contributed by atoms with Crippen molar-refractivity contribution in [3.05, 3.63) is 89.9 Å². The molecule has 2 aromatic carbocycles. The van der Waals surface area contributed by atoms with E-state index in [1.54, 1.807) is 41.4 Å². The molecule has 11 heteroatoms. The second kappa shape index (κ2) is 11.7. The predicted octanol–water partition coefficient (Wildman–Crippen LogP) is 5.84. The van der Waals surface area contributed by atoms with Crippen LogP contribution in [-0.2, 0) is 24.5 Å². The molecular weight excluding hydrogens is 481 g/mol. The van der Waals surface area contributed by atoms with E-state index in [9.17, 15) is 13.2 Å². The van der Waals surface area contributed by atoms with E-state index in [2.05, 4.69) is 15.3 Å². The van der Waals surface area contributed by atoms with Gasteiger partial charge in [0.1, 0.15) is 24.3 Å². The smallest absolute Gasteiger partial charge is 0.446 e. The first-order valence-electron chi connectivity index (χ1n) is 10.5. The predicted molar refractivity (Wildman–Crippen MR) is 124 cm³/mol. The highest BCUT2D eigenvalue weighted by molar-refractivity contribution is 8.00. The van der Waals surface area contributed by atoms with Crippen LogP contribution in [0.4, 0.5) is 13.2 Å². The summed E-state index contributed by atoms with van der Waals surface area (Å²) >= 11 is -0.145. The molecule has 0 unspecified atom stereocenters. The number of ether oxygens (including phenoxy) is 2. The maximum Gasteiger partial charge on any atom is 0.446 e. The average molecular weight is 503 g/mol. The molecule has 0 saturated heterocycles. The van der Waals surface area contributed by atoms with E-state index < -0.39 is 5.51 Å². The molecule has 4 rings (SSSR count). The molecule has 0 saturated carbocycles. The van der Waals surface area contributed by atoms with Crippen molar-refractivity contribution >= 4 is 23.9 Å². The summed E-state index contributed by atoms with van der Waals surface area (Å²) in [5, 5.41) is 7.62. The number of benzene rings is 2. The van der Waals surface area contributed by atoms with Gasteiger partial charge in [-0.05, 0) is 53.2 Å². The van der Waals surface area contributed by atoms with Crippen LogP contribution in [0, 0.1) is 0 Å². The average Bonchev–Trinajstić information content (AvgIpc) is 3.52. The summed E-state index contributed by atoms with van der Waals surface area (Å²) in [7, 11) is 0. The summed E-state index contributed by atoms with van der Waals surface area (Å²) in [4.78, 5) is 4.47. The highest BCUT2D eigenvalue weighted by Gasteiger charge is 2.28. The molecule has 0 aliphatic heterocycles. The third kappa shape index (κ3) is 8.30. The molecule has 7 nitrogen and oxygen atoms in total. The van der Waals surface area contributed by atoms with Crippen LogP contribution in [0.1, 0.15) is 22.7 Å². The van der Waals surface area contributed by atoms with Crippen LogP contribution in [0.3, 0.4) is 0 Å². The third-order valence-corrected chi connectivity index (χ3v) is 5.36. The number of hydrogen-bond acceptors (Lipinski definition) is 7. The summed E-state index contributed by atoms with van der Waals surface area (Å²) in [5.41, 5.74) is -1.93. The van der Waals surface area contributed by atoms with E-state index in [4.69, 9.17) is 13.9 Å². The van der Waals surface area contributed by atoms with E-state index >= 15 is 0 Å². The molecule has 0 aliphatic carbocycles. The van der Waals surface area contributed by atoms with Crippen LogP contribution in [0.25, 0.3) is 12.2 Å². The topological polar surface area (TPSA) is 75.2 Å². The fourth-order valence-electron chi connectivity index (χ4n) is 2.95. The quantitative estimate of drug-likeness (QED) is 0.188. The molecule has 0 amide bonds. The Hall–Kier alpha value is -3.57. The Morgan fingerprint density at radius 3 is 2.51 bits per heavy atom. The minimum absolute atomic E-state index is 0.133. The van der Waals surface area contributed by atoms with Gasteiger partial charge in [0, 0.05) is 17.2 Å². The molecule has 0 aliphatic rings. The molecule has 35 heavy (non-hydrogen) atoms. The molecule has 0 radical (unpaired) electrons. The van der Waals surface area contributed by atoms with Gasteiger partial charge in [-0.3, -0.25) is 4.68 Å². The molecule has 0 N–H and O–H groups in total. The number of rotatable bonds is 11. The van der Waals surface area contributed by atoms with Gasteiger partial charge >= 0.3 is 5.51 Å². The van der Waals surface area contributed by atoms with Gasteiger partial charge in [-0.1, -0.05) is 29.5 Å². The molecule has 182 valence electrons. The van der Waals surface area contributed by atoms with Crippen molar-refractivity contribution < 1.29 is 27.1 Å². The Bertz CT molecular complexity index is 1210. The molecule has 0 atom stereocenters. The van der Waals surface area contributed by atoms with Gasteiger partial charge in [0.25, 0.3) is 0 Å². The van der Waals surface area contributed by atoms with E-state index in [1.165, 1.54) is 18.4 Å². The minimum atomic E-state index is -4.30. The summed E-state index contributed by atoms with van der Waals surface area (Å²) in [6.45, 7) is 1.89. The number of aromatic nitrogens is 4. The lowest BCUT2D eigenvalue weighted by Crippen LogP contribution is -2.06. The molecule has 4 aromatic rings.